The minimum atomic E-state index is 0.415. The van der Waals surface area contributed by atoms with Gasteiger partial charge in [0.05, 0.1) is 0 Å². The molecule has 1 fully saturated rings. The molecule has 2 rings (SSSR count). The van der Waals surface area contributed by atoms with Crippen molar-refractivity contribution < 1.29 is 0 Å². The lowest BCUT2D eigenvalue weighted by atomic mass is 10.1. The Morgan fingerprint density at radius 2 is 2.42 bits per heavy atom. The second-order valence-corrected chi connectivity index (χ2v) is 3.56. The Hall–Kier alpha value is -0.900. The van der Waals surface area contributed by atoms with Crippen LogP contribution in [0.4, 0.5) is 0 Å². The van der Waals surface area contributed by atoms with Gasteiger partial charge in [0.15, 0.2) is 0 Å². The van der Waals surface area contributed by atoms with Crippen LogP contribution in [0.15, 0.2) is 12.7 Å². The zero-order valence-corrected chi connectivity index (χ0v) is 7.06. The molecule has 1 saturated carbocycles. The Bertz CT molecular complexity index is 231. The van der Waals surface area contributed by atoms with Crippen molar-refractivity contribution in [2.24, 2.45) is 11.7 Å². The van der Waals surface area contributed by atoms with Gasteiger partial charge >= 0.3 is 0 Å². The second-order valence-electron chi connectivity index (χ2n) is 3.56. The number of hydrogen-bond donors (Lipinski definition) is 1. The Morgan fingerprint density at radius 3 is 3.00 bits per heavy atom. The predicted molar refractivity (Wildman–Crippen MR) is 45.3 cm³/mol. The summed E-state index contributed by atoms with van der Waals surface area (Å²) in [6.45, 7) is 0.980. The lowest BCUT2D eigenvalue weighted by Crippen LogP contribution is -2.16. The first-order valence-corrected chi connectivity index (χ1v) is 4.42. The van der Waals surface area contributed by atoms with Crippen LogP contribution in [0.1, 0.15) is 19.3 Å². The topological polar surface area (TPSA) is 56.7 Å². The second kappa shape index (κ2) is 3.23. The zero-order valence-electron chi connectivity index (χ0n) is 7.06. The van der Waals surface area contributed by atoms with Gasteiger partial charge in [0.2, 0.25) is 0 Å². The van der Waals surface area contributed by atoms with Gasteiger partial charge in [-0.25, -0.2) is 4.98 Å². The molecule has 0 unspecified atom stereocenters. The fourth-order valence-electron chi connectivity index (χ4n) is 1.87. The maximum Gasteiger partial charge on any atom is 0.137 e. The van der Waals surface area contributed by atoms with Crippen LogP contribution in [0.3, 0.4) is 0 Å². The van der Waals surface area contributed by atoms with Gasteiger partial charge in [-0.05, 0) is 25.2 Å². The van der Waals surface area contributed by atoms with E-state index in [0.29, 0.717) is 12.0 Å². The van der Waals surface area contributed by atoms with Gasteiger partial charge in [0.25, 0.3) is 0 Å². The molecule has 0 spiro atoms. The van der Waals surface area contributed by atoms with Crippen molar-refractivity contribution in [3.63, 3.8) is 0 Å². The maximum atomic E-state index is 5.81. The molecule has 0 radical (unpaired) electrons. The van der Waals surface area contributed by atoms with Crippen LogP contribution < -0.4 is 5.73 Å². The maximum absolute atomic E-state index is 5.81. The molecule has 1 aliphatic rings. The highest BCUT2D eigenvalue weighted by atomic mass is 15.3. The largest absolute Gasteiger partial charge is 0.328 e. The van der Waals surface area contributed by atoms with E-state index in [1.807, 2.05) is 4.68 Å². The number of hydrogen-bond acceptors (Lipinski definition) is 3. The molecule has 0 saturated heterocycles. The third-order valence-corrected chi connectivity index (χ3v) is 2.49. The molecule has 4 nitrogen and oxygen atoms in total. The van der Waals surface area contributed by atoms with E-state index in [1.165, 1.54) is 12.8 Å². The summed E-state index contributed by atoms with van der Waals surface area (Å²) < 4.78 is 1.89. The molecule has 0 amide bonds. The number of nitrogens with zero attached hydrogens (tertiary/aromatic N) is 3. The number of rotatable bonds is 2. The van der Waals surface area contributed by atoms with Crippen molar-refractivity contribution in [2.45, 2.75) is 31.8 Å². The molecule has 12 heavy (non-hydrogen) atoms. The summed E-state index contributed by atoms with van der Waals surface area (Å²) in [5, 5.41) is 4.07. The summed E-state index contributed by atoms with van der Waals surface area (Å²) in [6, 6.07) is 0.415. The standard InChI is InChI=1S/C8H14N4/c9-8-2-1-7(3-8)4-12-6-10-5-11-12/h5-8H,1-4,9H2/t7-,8+/m1/s1. The molecule has 1 heterocycles. The van der Waals surface area contributed by atoms with E-state index in [-0.39, 0.29) is 0 Å². The smallest absolute Gasteiger partial charge is 0.137 e. The lowest BCUT2D eigenvalue weighted by molar-refractivity contribution is 0.423. The highest BCUT2D eigenvalue weighted by molar-refractivity contribution is 4.77. The van der Waals surface area contributed by atoms with Crippen LogP contribution in [0.2, 0.25) is 0 Å². The van der Waals surface area contributed by atoms with Crippen molar-refractivity contribution in [3.05, 3.63) is 12.7 Å². The summed E-state index contributed by atoms with van der Waals surface area (Å²) in [5.41, 5.74) is 5.81. The van der Waals surface area contributed by atoms with E-state index in [1.54, 1.807) is 12.7 Å². The summed E-state index contributed by atoms with van der Waals surface area (Å²) in [7, 11) is 0. The molecule has 2 atom stereocenters. The summed E-state index contributed by atoms with van der Waals surface area (Å²) in [5.74, 6) is 0.710. The Balaban J connectivity index is 1.88. The molecular formula is C8H14N4. The normalized spacial score (nSPS) is 29.4. The van der Waals surface area contributed by atoms with Crippen molar-refractivity contribution in [1.29, 1.82) is 0 Å². The van der Waals surface area contributed by atoms with Gasteiger partial charge in [0, 0.05) is 12.6 Å². The van der Waals surface area contributed by atoms with Gasteiger partial charge in [-0.1, -0.05) is 0 Å². The Labute approximate surface area is 71.8 Å². The van der Waals surface area contributed by atoms with Crippen LogP contribution in [0.5, 0.6) is 0 Å². The fraction of sp³-hybridized carbons (Fsp3) is 0.750. The molecule has 0 bridgehead atoms. The average Bonchev–Trinajstić information content (AvgIpc) is 2.63. The molecule has 0 aliphatic heterocycles. The number of aromatic nitrogens is 3. The summed E-state index contributed by atoms with van der Waals surface area (Å²) >= 11 is 0. The minimum Gasteiger partial charge on any atom is -0.328 e. The minimum absolute atomic E-state index is 0.415. The SMILES string of the molecule is N[C@H]1CC[C@@H](Cn2cncn2)C1. The molecule has 1 aliphatic carbocycles. The third-order valence-electron chi connectivity index (χ3n) is 2.49. The highest BCUT2D eigenvalue weighted by Gasteiger charge is 2.21. The third kappa shape index (κ3) is 1.64. The van der Waals surface area contributed by atoms with Gasteiger partial charge in [-0.2, -0.15) is 5.10 Å². The summed E-state index contributed by atoms with van der Waals surface area (Å²) in [4.78, 5) is 3.90. The predicted octanol–water partition coefficient (Wildman–Crippen LogP) is 0.405. The summed E-state index contributed by atoms with van der Waals surface area (Å²) in [6.07, 6.45) is 6.89. The monoisotopic (exact) mass is 166 g/mol. The van der Waals surface area contributed by atoms with Gasteiger partial charge in [-0.15, -0.1) is 0 Å². The van der Waals surface area contributed by atoms with Crippen LogP contribution >= 0.6 is 0 Å². The van der Waals surface area contributed by atoms with E-state index in [9.17, 15) is 0 Å². The van der Waals surface area contributed by atoms with Crippen molar-refractivity contribution in [1.82, 2.24) is 14.8 Å². The molecule has 4 heteroatoms. The Morgan fingerprint density at radius 1 is 1.50 bits per heavy atom. The number of nitrogens with two attached hydrogens (primary N) is 1. The molecule has 1 aromatic rings. The molecule has 0 aromatic carbocycles. The Kier molecular flexibility index (Phi) is 2.08. The van der Waals surface area contributed by atoms with Gasteiger partial charge in [0.1, 0.15) is 12.7 Å². The van der Waals surface area contributed by atoms with Crippen LogP contribution in [-0.2, 0) is 6.54 Å². The zero-order chi connectivity index (χ0) is 8.39. The van der Waals surface area contributed by atoms with Gasteiger partial charge in [-0.3, -0.25) is 4.68 Å². The van der Waals surface area contributed by atoms with Crippen molar-refractivity contribution >= 4 is 0 Å². The van der Waals surface area contributed by atoms with E-state index < -0.39 is 0 Å². The van der Waals surface area contributed by atoms with Gasteiger partial charge < -0.3 is 5.73 Å². The van der Waals surface area contributed by atoms with Crippen molar-refractivity contribution in [3.8, 4) is 0 Å². The first-order chi connectivity index (χ1) is 5.84. The molecular weight excluding hydrogens is 152 g/mol. The average molecular weight is 166 g/mol. The molecule has 2 N–H and O–H groups in total. The quantitative estimate of drug-likeness (QED) is 0.692. The van der Waals surface area contributed by atoms with E-state index >= 15 is 0 Å². The van der Waals surface area contributed by atoms with E-state index in [0.717, 1.165) is 13.0 Å². The highest BCUT2D eigenvalue weighted by Crippen LogP contribution is 2.24. The van der Waals surface area contributed by atoms with Crippen molar-refractivity contribution in [2.75, 3.05) is 0 Å². The lowest BCUT2D eigenvalue weighted by Gasteiger charge is -2.07. The van der Waals surface area contributed by atoms with Crippen LogP contribution in [-0.4, -0.2) is 20.8 Å². The fourth-order valence-corrected chi connectivity index (χ4v) is 1.87. The van der Waals surface area contributed by atoms with Crippen LogP contribution in [0.25, 0.3) is 0 Å². The molecule has 1 aromatic heterocycles. The molecule has 66 valence electrons. The first kappa shape index (κ1) is 7.73. The van der Waals surface area contributed by atoms with Crippen LogP contribution in [0, 0.1) is 5.92 Å². The first-order valence-electron chi connectivity index (χ1n) is 4.42. The van der Waals surface area contributed by atoms with E-state index in [4.69, 9.17) is 5.73 Å². The van der Waals surface area contributed by atoms with E-state index in [2.05, 4.69) is 10.1 Å².